The predicted octanol–water partition coefficient (Wildman–Crippen LogP) is 2.75. The molecule has 4 nitrogen and oxygen atoms in total. The van der Waals surface area contributed by atoms with E-state index in [9.17, 15) is 4.79 Å². The average molecular weight is 353 g/mol. The van der Waals surface area contributed by atoms with Gasteiger partial charge >= 0.3 is 0 Å². The Morgan fingerprint density at radius 1 is 1.29 bits per heavy atom. The Morgan fingerprint density at radius 2 is 2.14 bits per heavy atom. The van der Waals surface area contributed by atoms with Crippen LogP contribution >= 0.6 is 15.9 Å². The summed E-state index contributed by atoms with van der Waals surface area (Å²) in [6.45, 7) is 1.64. The number of halogens is 1. The molecule has 0 aromatic heterocycles. The van der Waals surface area contributed by atoms with Crippen molar-refractivity contribution in [2.45, 2.75) is 50.8 Å². The molecular weight excluding hydrogens is 332 g/mol. The molecule has 2 N–H and O–H groups in total. The first-order valence-electron chi connectivity index (χ1n) is 7.68. The van der Waals surface area contributed by atoms with E-state index in [0.717, 1.165) is 42.6 Å². The van der Waals surface area contributed by atoms with Gasteiger partial charge < -0.3 is 15.4 Å². The fourth-order valence-electron chi connectivity index (χ4n) is 2.48. The summed E-state index contributed by atoms with van der Waals surface area (Å²) in [5.41, 5.74) is 1.23. The van der Waals surface area contributed by atoms with Gasteiger partial charge in [0.25, 0.3) is 5.91 Å². The smallest absolute Gasteiger partial charge is 0.261 e. The molecule has 1 aliphatic heterocycles. The number of hydrogen-bond donors (Lipinski definition) is 2. The van der Waals surface area contributed by atoms with Crippen LogP contribution in [0.25, 0.3) is 0 Å². The zero-order valence-corrected chi connectivity index (χ0v) is 13.6. The van der Waals surface area contributed by atoms with Crippen molar-refractivity contribution in [3.05, 3.63) is 28.2 Å². The molecule has 1 saturated carbocycles. The maximum Gasteiger partial charge on any atom is 0.261 e. The Labute approximate surface area is 133 Å². The van der Waals surface area contributed by atoms with Crippen molar-refractivity contribution in [1.82, 2.24) is 10.6 Å². The lowest BCUT2D eigenvalue weighted by atomic mass is 10.1. The Balaban J connectivity index is 1.62. The summed E-state index contributed by atoms with van der Waals surface area (Å²) in [6.07, 6.45) is 5.03. The second kappa shape index (κ2) is 6.79. The van der Waals surface area contributed by atoms with E-state index in [1.807, 2.05) is 6.07 Å². The second-order valence-corrected chi connectivity index (χ2v) is 6.67. The van der Waals surface area contributed by atoms with Crippen LogP contribution in [0.4, 0.5) is 0 Å². The van der Waals surface area contributed by atoms with Crippen LogP contribution in [0.2, 0.25) is 0 Å². The number of benzene rings is 1. The standard InChI is InChI=1S/C16H21BrN2O2/c17-13-9-11(10-19-12-5-6-12)4-7-14(13)21-15-3-1-2-8-18-16(15)20/h4,7,9,12,15,19H,1-3,5-6,8,10H2,(H,18,20). The highest BCUT2D eigenvalue weighted by Gasteiger charge is 2.23. The Bertz CT molecular complexity index is 517. The molecule has 1 amide bonds. The van der Waals surface area contributed by atoms with Crippen molar-refractivity contribution in [2.75, 3.05) is 6.54 Å². The molecule has 114 valence electrons. The van der Waals surface area contributed by atoms with Gasteiger partial charge in [-0.2, -0.15) is 0 Å². The first kappa shape index (κ1) is 14.9. The van der Waals surface area contributed by atoms with Gasteiger partial charge in [-0.15, -0.1) is 0 Å². The number of hydrogen-bond acceptors (Lipinski definition) is 3. The number of amides is 1. The second-order valence-electron chi connectivity index (χ2n) is 5.81. The highest BCUT2D eigenvalue weighted by Crippen LogP contribution is 2.28. The zero-order chi connectivity index (χ0) is 14.7. The fraction of sp³-hybridized carbons (Fsp3) is 0.562. The summed E-state index contributed by atoms with van der Waals surface area (Å²) >= 11 is 3.55. The molecule has 1 atom stereocenters. The molecule has 1 aromatic rings. The minimum absolute atomic E-state index is 0.00104. The summed E-state index contributed by atoms with van der Waals surface area (Å²) in [6, 6.07) is 6.78. The monoisotopic (exact) mass is 352 g/mol. The molecule has 1 aliphatic carbocycles. The lowest BCUT2D eigenvalue weighted by Gasteiger charge is -2.17. The Morgan fingerprint density at radius 3 is 2.90 bits per heavy atom. The fourth-order valence-corrected chi connectivity index (χ4v) is 3.00. The quantitative estimate of drug-likeness (QED) is 0.856. The minimum Gasteiger partial charge on any atom is -0.479 e. The van der Waals surface area contributed by atoms with Gasteiger partial charge in [0.05, 0.1) is 4.47 Å². The van der Waals surface area contributed by atoms with Crippen LogP contribution in [-0.4, -0.2) is 24.6 Å². The average Bonchev–Trinajstić information content (AvgIpc) is 3.29. The summed E-state index contributed by atoms with van der Waals surface area (Å²) in [5, 5.41) is 6.39. The van der Waals surface area contributed by atoms with E-state index in [1.54, 1.807) is 0 Å². The third-order valence-electron chi connectivity index (χ3n) is 3.92. The maximum absolute atomic E-state index is 11.9. The maximum atomic E-state index is 11.9. The number of nitrogens with one attached hydrogen (secondary N) is 2. The van der Waals surface area contributed by atoms with Crippen LogP contribution in [-0.2, 0) is 11.3 Å². The van der Waals surface area contributed by atoms with Crippen molar-refractivity contribution < 1.29 is 9.53 Å². The highest BCUT2D eigenvalue weighted by molar-refractivity contribution is 9.10. The molecule has 1 heterocycles. The topological polar surface area (TPSA) is 50.4 Å². The number of carbonyl (C=O) groups excluding carboxylic acids is 1. The van der Waals surface area contributed by atoms with Crippen LogP contribution < -0.4 is 15.4 Å². The van der Waals surface area contributed by atoms with Gasteiger partial charge in [-0.3, -0.25) is 4.79 Å². The normalized spacial score (nSPS) is 22.5. The molecule has 2 aliphatic rings. The van der Waals surface area contributed by atoms with Crippen LogP contribution in [0.15, 0.2) is 22.7 Å². The first-order valence-corrected chi connectivity index (χ1v) is 8.48. The van der Waals surface area contributed by atoms with Gasteiger partial charge in [0, 0.05) is 19.1 Å². The molecule has 0 spiro atoms. The van der Waals surface area contributed by atoms with E-state index in [0.29, 0.717) is 6.04 Å². The Hall–Kier alpha value is -1.07. The van der Waals surface area contributed by atoms with Crippen molar-refractivity contribution in [3.8, 4) is 5.75 Å². The van der Waals surface area contributed by atoms with Crippen LogP contribution in [0.3, 0.4) is 0 Å². The highest BCUT2D eigenvalue weighted by atomic mass is 79.9. The third-order valence-corrected chi connectivity index (χ3v) is 4.54. The van der Waals surface area contributed by atoms with E-state index in [-0.39, 0.29) is 12.0 Å². The van der Waals surface area contributed by atoms with E-state index >= 15 is 0 Å². The molecular formula is C16H21BrN2O2. The van der Waals surface area contributed by atoms with Gasteiger partial charge in [-0.25, -0.2) is 0 Å². The SMILES string of the molecule is O=C1NCCCCC1Oc1ccc(CNC2CC2)cc1Br. The van der Waals surface area contributed by atoms with E-state index in [4.69, 9.17) is 4.74 Å². The van der Waals surface area contributed by atoms with E-state index < -0.39 is 0 Å². The molecule has 5 heteroatoms. The summed E-state index contributed by atoms with van der Waals surface area (Å²) in [4.78, 5) is 11.9. The number of ether oxygens (including phenoxy) is 1. The van der Waals surface area contributed by atoms with Gasteiger partial charge in [0.15, 0.2) is 6.10 Å². The largest absolute Gasteiger partial charge is 0.479 e. The van der Waals surface area contributed by atoms with Crippen molar-refractivity contribution in [3.63, 3.8) is 0 Å². The Kier molecular flexibility index (Phi) is 4.80. The summed E-state index contributed by atoms with van der Waals surface area (Å²) in [5.74, 6) is 0.742. The molecule has 2 fully saturated rings. The minimum atomic E-state index is -0.376. The van der Waals surface area contributed by atoms with Gasteiger partial charge in [0.2, 0.25) is 0 Å². The summed E-state index contributed by atoms with van der Waals surface area (Å²) < 4.78 is 6.80. The van der Waals surface area contributed by atoms with Crippen molar-refractivity contribution in [2.24, 2.45) is 0 Å². The molecule has 0 bridgehead atoms. The van der Waals surface area contributed by atoms with Crippen molar-refractivity contribution in [1.29, 1.82) is 0 Å². The first-order chi connectivity index (χ1) is 10.2. The number of rotatable bonds is 5. The van der Waals surface area contributed by atoms with Crippen LogP contribution in [0.1, 0.15) is 37.7 Å². The van der Waals surface area contributed by atoms with E-state index in [1.165, 1.54) is 18.4 Å². The van der Waals surface area contributed by atoms with Crippen LogP contribution in [0.5, 0.6) is 5.75 Å². The molecule has 0 radical (unpaired) electrons. The van der Waals surface area contributed by atoms with Gasteiger partial charge in [-0.1, -0.05) is 6.07 Å². The molecule has 1 saturated heterocycles. The molecule has 21 heavy (non-hydrogen) atoms. The van der Waals surface area contributed by atoms with Gasteiger partial charge in [0.1, 0.15) is 5.75 Å². The lowest BCUT2D eigenvalue weighted by Crippen LogP contribution is -2.36. The molecule has 1 aromatic carbocycles. The zero-order valence-electron chi connectivity index (χ0n) is 12.0. The number of carbonyl (C=O) groups is 1. The molecule has 3 rings (SSSR count). The summed E-state index contributed by atoms with van der Waals surface area (Å²) in [7, 11) is 0. The van der Waals surface area contributed by atoms with Crippen molar-refractivity contribution >= 4 is 21.8 Å². The van der Waals surface area contributed by atoms with E-state index in [2.05, 4.69) is 38.7 Å². The van der Waals surface area contributed by atoms with Gasteiger partial charge in [-0.05, 0) is 65.7 Å². The molecule has 1 unspecified atom stereocenters. The third kappa shape index (κ3) is 4.20. The lowest BCUT2D eigenvalue weighted by molar-refractivity contribution is -0.127. The van der Waals surface area contributed by atoms with Crippen LogP contribution in [0, 0.1) is 0 Å². The predicted molar refractivity (Wildman–Crippen MR) is 85.3 cm³/mol.